The highest BCUT2D eigenvalue weighted by Crippen LogP contribution is 2.20. The van der Waals surface area contributed by atoms with E-state index in [0.29, 0.717) is 25.8 Å². The summed E-state index contributed by atoms with van der Waals surface area (Å²) in [4.78, 5) is 24.4. The van der Waals surface area contributed by atoms with Crippen LogP contribution in [0.2, 0.25) is 0 Å². The van der Waals surface area contributed by atoms with Crippen molar-refractivity contribution >= 4 is 23.0 Å². The van der Waals surface area contributed by atoms with Crippen molar-refractivity contribution in [2.75, 3.05) is 14.2 Å². The second-order valence-corrected chi connectivity index (χ2v) is 9.09. The number of carbonyl (C=O) groups excluding carboxylic acids is 2. The summed E-state index contributed by atoms with van der Waals surface area (Å²) < 4.78 is 12.4. The van der Waals surface area contributed by atoms with E-state index in [1.807, 2.05) is 47.1 Å². The second-order valence-electron chi connectivity index (χ2n) is 9.09. The zero-order valence-corrected chi connectivity index (χ0v) is 20.4. The smallest absolute Gasteiger partial charge is 0.408 e. The zero-order chi connectivity index (χ0) is 24.7. The van der Waals surface area contributed by atoms with Crippen LogP contribution in [0.25, 0.3) is 11.0 Å². The van der Waals surface area contributed by atoms with E-state index in [0.717, 1.165) is 27.9 Å². The van der Waals surface area contributed by atoms with Gasteiger partial charge < -0.3 is 20.1 Å². The number of amides is 2. The van der Waals surface area contributed by atoms with Crippen LogP contribution in [0.4, 0.5) is 4.79 Å². The van der Waals surface area contributed by atoms with E-state index in [2.05, 4.69) is 20.9 Å². The van der Waals surface area contributed by atoms with Crippen molar-refractivity contribution in [2.45, 2.75) is 58.2 Å². The maximum Gasteiger partial charge on any atom is 0.408 e. The summed E-state index contributed by atoms with van der Waals surface area (Å²) in [6.45, 7) is 5.94. The molecule has 0 radical (unpaired) electrons. The number of benzene rings is 2. The van der Waals surface area contributed by atoms with E-state index in [9.17, 15) is 9.59 Å². The van der Waals surface area contributed by atoms with Crippen LogP contribution in [0, 0.1) is 0 Å². The number of likely N-dealkylation sites (N-methyl/N-ethyl adjacent to an activating group) is 1. The Hall–Kier alpha value is -3.62. The molecule has 2 aromatic carbocycles. The molecule has 0 saturated heterocycles. The molecule has 0 spiro atoms. The summed E-state index contributed by atoms with van der Waals surface area (Å²) in [6.07, 6.45) is 1.24. The van der Waals surface area contributed by atoms with Gasteiger partial charge in [-0.15, -0.1) is 5.10 Å². The lowest BCUT2D eigenvalue weighted by atomic mass is 10.0. The average molecular weight is 468 g/mol. The SMILES string of the molecule is CNC(=O)C(CCCc1cccc2c1nnn2Cc1ccc(OC)cc1)NC(=O)OC(C)(C)C. The van der Waals surface area contributed by atoms with E-state index in [-0.39, 0.29) is 5.91 Å². The molecular formula is C25H33N5O4. The zero-order valence-electron chi connectivity index (χ0n) is 20.4. The van der Waals surface area contributed by atoms with Gasteiger partial charge in [0.2, 0.25) is 5.91 Å². The lowest BCUT2D eigenvalue weighted by Crippen LogP contribution is -2.47. The van der Waals surface area contributed by atoms with Crippen molar-refractivity contribution < 1.29 is 19.1 Å². The van der Waals surface area contributed by atoms with Gasteiger partial charge in [-0.1, -0.05) is 29.5 Å². The molecule has 1 unspecified atom stereocenters. The third-order valence-electron chi connectivity index (χ3n) is 5.31. The monoisotopic (exact) mass is 467 g/mol. The van der Waals surface area contributed by atoms with Gasteiger partial charge in [0.05, 0.1) is 19.2 Å². The van der Waals surface area contributed by atoms with Gasteiger partial charge in [-0.2, -0.15) is 0 Å². The fourth-order valence-electron chi connectivity index (χ4n) is 3.66. The number of fused-ring (bicyclic) bond motifs is 1. The highest BCUT2D eigenvalue weighted by molar-refractivity contribution is 5.85. The standard InChI is InChI=1S/C25H33N5O4/c1-25(2,3)34-24(32)27-20(23(31)26-4)10-6-8-18-9-7-11-21-22(18)28-29-30(21)16-17-12-14-19(33-5)15-13-17/h7,9,11-15,20H,6,8,10,16H2,1-5H3,(H,26,31)(H,27,32). The number of carbonyl (C=O) groups is 2. The molecule has 0 bridgehead atoms. The number of rotatable bonds is 9. The van der Waals surface area contributed by atoms with Gasteiger partial charge in [0, 0.05) is 7.05 Å². The number of nitrogens with one attached hydrogen (secondary N) is 2. The van der Waals surface area contributed by atoms with E-state index in [1.165, 1.54) is 0 Å². The molecule has 34 heavy (non-hydrogen) atoms. The first-order chi connectivity index (χ1) is 16.2. The molecule has 1 aromatic heterocycles. The molecule has 9 heteroatoms. The van der Waals surface area contributed by atoms with Crippen molar-refractivity contribution in [3.8, 4) is 5.75 Å². The Kier molecular flexibility index (Phi) is 8.09. The van der Waals surface area contributed by atoms with E-state index in [4.69, 9.17) is 9.47 Å². The van der Waals surface area contributed by atoms with Gasteiger partial charge in [-0.25, -0.2) is 9.48 Å². The number of alkyl carbamates (subject to hydrolysis) is 1. The fourth-order valence-corrected chi connectivity index (χ4v) is 3.66. The summed E-state index contributed by atoms with van der Waals surface area (Å²) in [5, 5.41) is 14.0. The molecule has 0 aliphatic rings. The molecule has 9 nitrogen and oxygen atoms in total. The summed E-state index contributed by atoms with van der Waals surface area (Å²) in [5.74, 6) is 0.556. The molecule has 0 aliphatic carbocycles. The van der Waals surface area contributed by atoms with Crippen LogP contribution >= 0.6 is 0 Å². The molecule has 0 aliphatic heterocycles. The number of aromatic nitrogens is 3. The first-order valence-electron chi connectivity index (χ1n) is 11.4. The molecular weight excluding hydrogens is 434 g/mol. The minimum absolute atomic E-state index is 0.255. The van der Waals surface area contributed by atoms with Gasteiger partial charge in [0.1, 0.15) is 22.9 Å². The van der Waals surface area contributed by atoms with E-state index < -0.39 is 17.7 Å². The molecule has 0 fully saturated rings. The van der Waals surface area contributed by atoms with Crippen molar-refractivity contribution in [1.82, 2.24) is 25.6 Å². The number of hydrogen-bond donors (Lipinski definition) is 2. The number of aryl methyl sites for hydroxylation is 1. The number of ether oxygens (including phenoxy) is 2. The molecule has 0 saturated carbocycles. The van der Waals surface area contributed by atoms with Gasteiger partial charge in [0.15, 0.2) is 0 Å². The maximum atomic E-state index is 12.3. The molecule has 2 N–H and O–H groups in total. The Morgan fingerprint density at radius 3 is 2.50 bits per heavy atom. The minimum atomic E-state index is -0.676. The quantitative estimate of drug-likeness (QED) is 0.499. The van der Waals surface area contributed by atoms with Crippen LogP contribution in [0.15, 0.2) is 42.5 Å². The molecule has 1 atom stereocenters. The maximum absolute atomic E-state index is 12.3. The van der Waals surface area contributed by atoms with Crippen LogP contribution in [-0.4, -0.2) is 52.8 Å². The summed E-state index contributed by atoms with van der Waals surface area (Å²) >= 11 is 0. The Morgan fingerprint density at radius 2 is 1.85 bits per heavy atom. The molecule has 3 rings (SSSR count). The van der Waals surface area contributed by atoms with E-state index in [1.54, 1.807) is 34.9 Å². The third kappa shape index (κ3) is 6.69. The molecule has 182 valence electrons. The van der Waals surface area contributed by atoms with Crippen LogP contribution in [0.5, 0.6) is 5.75 Å². The minimum Gasteiger partial charge on any atom is -0.497 e. The number of nitrogens with zero attached hydrogens (tertiary/aromatic N) is 3. The fraction of sp³-hybridized carbons (Fsp3) is 0.440. The van der Waals surface area contributed by atoms with Crippen molar-refractivity contribution in [3.63, 3.8) is 0 Å². The van der Waals surface area contributed by atoms with Gasteiger partial charge >= 0.3 is 6.09 Å². The molecule has 2 amide bonds. The van der Waals surface area contributed by atoms with Crippen molar-refractivity contribution in [2.24, 2.45) is 0 Å². The molecule has 1 heterocycles. The number of hydrogen-bond acceptors (Lipinski definition) is 6. The van der Waals surface area contributed by atoms with Crippen LogP contribution in [-0.2, 0) is 22.5 Å². The summed E-state index contributed by atoms with van der Waals surface area (Å²) in [5.41, 5.74) is 3.30. The Bertz CT molecular complexity index is 1120. The van der Waals surface area contributed by atoms with Crippen LogP contribution < -0.4 is 15.4 Å². The number of methoxy groups -OCH3 is 1. The lowest BCUT2D eigenvalue weighted by molar-refractivity contribution is -0.122. The highest BCUT2D eigenvalue weighted by atomic mass is 16.6. The highest BCUT2D eigenvalue weighted by Gasteiger charge is 2.23. The van der Waals surface area contributed by atoms with Gasteiger partial charge in [-0.05, 0) is 69.4 Å². The summed E-state index contributed by atoms with van der Waals surface area (Å²) in [6, 6.07) is 13.2. The van der Waals surface area contributed by atoms with Gasteiger partial charge in [0.25, 0.3) is 0 Å². The largest absolute Gasteiger partial charge is 0.497 e. The summed E-state index contributed by atoms with van der Waals surface area (Å²) in [7, 11) is 3.19. The Morgan fingerprint density at radius 1 is 1.12 bits per heavy atom. The van der Waals surface area contributed by atoms with Crippen molar-refractivity contribution in [1.29, 1.82) is 0 Å². The first-order valence-corrected chi connectivity index (χ1v) is 11.4. The Balaban J connectivity index is 1.66. The van der Waals surface area contributed by atoms with Gasteiger partial charge in [-0.3, -0.25) is 4.79 Å². The third-order valence-corrected chi connectivity index (χ3v) is 5.31. The van der Waals surface area contributed by atoms with Crippen LogP contribution in [0.1, 0.15) is 44.7 Å². The lowest BCUT2D eigenvalue weighted by Gasteiger charge is -2.23. The Labute approximate surface area is 199 Å². The normalized spacial score (nSPS) is 12.3. The van der Waals surface area contributed by atoms with Crippen molar-refractivity contribution in [3.05, 3.63) is 53.6 Å². The first kappa shape index (κ1) is 25.0. The molecule has 3 aromatic rings. The predicted molar refractivity (Wildman–Crippen MR) is 130 cm³/mol. The second kappa shape index (κ2) is 11.0. The topological polar surface area (TPSA) is 107 Å². The average Bonchev–Trinajstić information content (AvgIpc) is 3.20. The van der Waals surface area contributed by atoms with E-state index >= 15 is 0 Å². The van der Waals surface area contributed by atoms with Crippen LogP contribution in [0.3, 0.4) is 0 Å². The predicted octanol–water partition coefficient (Wildman–Crippen LogP) is 3.45.